The van der Waals surface area contributed by atoms with Crippen LogP contribution in [0.5, 0.6) is 0 Å². The SMILES string of the molecule is CCC(C)(C)N(C)CC(O)(CN)C1CC1. The van der Waals surface area contributed by atoms with Gasteiger partial charge in [-0.1, -0.05) is 6.92 Å². The molecular weight excluding hydrogens is 188 g/mol. The van der Waals surface area contributed by atoms with Gasteiger partial charge in [-0.25, -0.2) is 0 Å². The van der Waals surface area contributed by atoms with Crippen LogP contribution in [0.3, 0.4) is 0 Å². The maximum Gasteiger partial charge on any atom is 0.0923 e. The zero-order valence-electron chi connectivity index (χ0n) is 10.6. The van der Waals surface area contributed by atoms with E-state index in [4.69, 9.17) is 5.73 Å². The zero-order valence-corrected chi connectivity index (χ0v) is 10.6. The summed E-state index contributed by atoms with van der Waals surface area (Å²) >= 11 is 0. The first kappa shape index (κ1) is 12.9. The van der Waals surface area contributed by atoms with Gasteiger partial charge in [0.1, 0.15) is 0 Å². The molecule has 15 heavy (non-hydrogen) atoms. The average molecular weight is 214 g/mol. The summed E-state index contributed by atoms with van der Waals surface area (Å²) in [5, 5.41) is 10.4. The van der Waals surface area contributed by atoms with Crippen molar-refractivity contribution in [2.75, 3.05) is 20.1 Å². The van der Waals surface area contributed by atoms with Gasteiger partial charge in [-0.2, -0.15) is 0 Å². The van der Waals surface area contributed by atoms with Gasteiger partial charge in [0.05, 0.1) is 5.60 Å². The molecule has 1 saturated carbocycles. The van der Waals surface area contributed by atoms with E-state index in [-0.39, 0.29) is 5.54 Å². The van der Waals surface area contributed by atoms with E-state index in [1.54, 1.807) is 0 Å². The van der Waals surface area contributed by atoms with Gasteiger partial charge < -0.3 is 10.8 Å². The third-order valence-electron chi connectivity index (χ3n) is 4.10. The largest absolute Gasteiger partial charge is 0.387 e. The molecule has 1 unspecified atom stereocenters. The molecule has 0 spiro atoms. The van der Waals surface area contributed by atoms with Crippen LogP contribution in [0, 0.1) is 5.92 Å². The Labute approximate surface area is 93.6 Å². The highest BCUT2D eigenvalue weighted by Crippen LogP contribution is 2.40. The van der Waals surface area contributed by atoms with Gasteiger partial charge in [0.25, 0.3) is 0 Å². The lowest BCUT2D eigenvalue weighted by Gasteiger charge is -2.40. The molecule has 0 saturated heterocycles. The van der Waals surface area contributed by atoms with Crippen LogP contribution in [-0.2, 0) is 0 Å². The maximum absolute atomic E-state index is 10.4. The Morgan fingerprint density at radius 3 is 2.27 bits per heavy atom. The van der Waals surface area contributed by atoms with Gasteiger partial charge in [0, 0.05) is 18.6 Å². The lowest BCUT2D eigenvalue weighted by molar-refractivity contribution is -0.0263. The van der Waals surface area contributed by atoms with Crippen molar-refractivity contribution in [3.05, 3.63) is 0 Å². The molecule has 0 aromatic rings. The van der Waals surface area contributed by atoms with E-state index in [1.165, 1.54) is 0 Å². The smallest absolute Gasteiger partial charge is 0.0923 e. The second-order valence-corrected chi connectivity index (χ2v) is 5.60. The van der Waals surface area contributed by atoms with Crippen LogP contribution in [0.1, 0.15) is 40.0 Å². The quantitative estimate of drug-likeness (QED) is 0.698. The molecule has 0 radical (unpaired) electrons. The van der Waals surface area contributed by atoms with Crippen molar-refractivity contribution < 1.29 is 5.11 Å². The summed E-state index contributed by atoms with van der Waals surface area (Å²) in [7, 11) is 2.08. The minimum absolute atomic E-state index is 0.137. The van der Waals surface area contributed by atoms with E-state index in [9.17, 15) is 5.11 Å². The van der Waals surface area contributed by atoms with Crippen LogP contribution < -0.4 is 5.73 Å². The van der Waals surface area contributed by atoms with Crippen LogP contribution >= 0.6 is 0 Å². The molecule has 90 valence electrons. The molecular formula is C12H26N2O. The van der Waals surface area contributed by atoms with Gasteiger partial charge in [-0.05, 0) is 46.1 Å². The number of rotatable bonds is 6. The fourth-order valence-electron chi connectivity index (χ4n) is 1.88. The summed E-state index contributed by atoms with van der Waals surface area (Å²) in [5.41, 5.74) is 5.18. The van der Waals surface area contributed by atoms with Gasteiger partial charge in [-0.3, -0.25) is 4.90 Å². The second-order valence-electron chi connectivity index (χ2n) is 5.60. The fraction of sp³-hybridized carbons (Fsp3) is 1.00. The van der Waals surface area contributed by atoms with Gasteiger partial charge in [0.15, 0.2) is 0 Å². The normalized spacial score (nSPS) is 21.8. The summed E-state index contributed by atoms with van der Waals surface area (Å²) in [6.07, 6.45) is 3.34. The molecule has 0 aromatic carbocycles. The molecule has 0 bridgehead atoms. The Kier molecular flexibility index (Phi) is 3.80. The number of likely N-dealkylation sites (N-methyl/N-ethyl adjacent to an activating group) is 1. The number of nitrogens with zero attached hydrogens (tertiary/aromatic N) is 1. The highest BCUT2D eigenvalue weighted by Gasteiger charge is 2.44. The Morgan fingerprint density at radius 1 is 1.40 bits per heavy atom. The minimum atomic E-state index is -0.665. The zero-order chi connectivity index (χ0) is 11.7. The van der Waals surface area contributed by atoms with Crippen molar-refractivity contribution in [1.82, 2.24) is 4.90 Å². The van der Waals surface area contributed by atoms with E-state index in [1.807, 2.05) is 0 Å². The van der Waals surface area contributed by atoms with E-state index < -0.39 is 5.60 Å². The topological polar surface area (TPSA) is 49.5 Å². The molecule has 1 aliphatic rings. The molecule has 0 amide bonds. The lowest BCUT2D eigenvalue weighted by atomic mass is 9.93. The standard InChI is InChI=1S/C12H26N2O/c1-5-11(2,3)14(4)9-12(15,8-13)10-6-7-10/h10,15H,5-9,13H2,1-4H3. The summed E-state index contributed by atoms with van der Waals surface area (Å²) in [5.74, 6) is 0.428. The Hall–Kier alpha value is -0.120. The van der Waals surface area contributed by atoms with Crippen LogP contribution in [0.4, 0.5) is 0 Å². The van der Waals surface area contributed by atoms with Crippen molar-refractivity contribution in [2.24, 2.45) is 11.7 Å². The number of β-amino-alcohol motifs (C(OH)–C–C–N with tert-alkyl or cyclic N) is 1. The monoisotopic (exact) mass is 214 g/mol. The molecule has 3 heteroatoms. The van der Waals surface area contributed by atoms with E-state index >= 15 is 0 Å². The molecule has 1 aliphatic carbocycles. The van der Waals surface area contributed by atoms with Crippen LogP contribution in [-0.4, -0.2) is 41.3 Å². The predicted octanol–water partition coefficient (Wildman–Crippen LogP) is 1.21. The average Bonchev–Trinajstić information content (AvgIpc) is 3.00. The van der Waals surface area contributed by atoms with Crippen LogP contribution in [0.25, 0.3) is 0 Å². The molecule has 1 rings (SSSR count). The summed E-state index contributed by atoms with van der Waals surface area (Å²) < 4.78 is 0. The van der Waals surface area contributed by atoms with Gasteiger partial charge >= 0.3 is 0 Å². The number of aliphatic hydroxyl groups is 1. The molecule has 0 aliphatic heterocycles. The van der Waals surface area contributed by atoms with E-state index in [0.717, 1.165) is 19.3 Å². The second kappa shape index (κ2) is 4.40. The summed E-state index contributed by atoms with van der Waals surface area (Å²) in [6.45, 7) is 7.65. The molecule has 0 heterocycles. The Balaban J connectivity index is 2.58. The number of nitrogens with two attached hydrogens (primary N) is 1. The fourth-order valence-corrected chi connectivity index (χ4v) is 1.88. The molecule has 1 atom stereocenters. The van der Waals surface area contributed by atoms with Crippen molar-refractivity contribution in [2.45, 2.75) is 51.2 Å². The van der Waals surface area contributed by atoms with E-state index in [2.05, 4.69) is 32.7 Å². The number of hydrogen-bond acceptors (Lipinski definition) is 3. The van der Waals surface area contributed by atoms with Crippen molar-refractivity contribution in [3.63, 3.8) is 0 Å². The van der Waals surface area contributed by atoms with Crippen LogP contribution in [0.15, 0.2) is 0 Å². The maximum atomic E-state index is 10.4. The highest BCUT2D eigenvalue weighted by atomic mass is 16.3. The van der Waals surface area contributed by atoms with Gasteiger partial charge in [-0.15, -0.1) is 0 Å². The van der Waals surface area contributed by atoms with Crippen molar-refractivity contribution in [3.8, 4) is 0 Å². The summed E-state index contributed by atoms with van der Waals surface area (Å²) in [6, 6.07) is 0. The minimum Gasteiger partial charge on any atom is -0.387 e. The van der Waals surface area contributed by atoms with Crippen molar-refractivity contribution >= 4 is 0 Å². The Bertz CT molecular complexity index is 214. The van der Waals surface area contributed by atoms with Gasteiger partial charge in [0.2, 0.25) is 0 Å². The first-order valence-corrected chi connectivity index (χ1v) is 5.99. The molecule has 3 nitrogen and oxygen atoms in total. The first-order valence-electron chi connectivity index (χ1n) is 5.99. The van der Waals surface area contributed by atoms with Crippen LogP contribution in [0.2, 0.25) is 0 Å². The third-order valence-corrected chi connectivity index (χ3v) is 4.10. The molecule has 3 N–H and O–H groups in total. The molecule has 0 aromatic heterocycles. The summed E-state index contributed by atoms with van der Waals surface area (Å²) in [4.78, 5) is 2.23. The van der Waals surface area contributed by atoms with E-state index in [0.29, 0.717) is 19.0 Å². The third kappa shape index (κ3) is 2.92. The highest BCUT2D eigenvalue weighted by molar-refractivity contribution is 4.98. The van der Waals surface area contributed by atoms with Crippen molar-refractivity contribution in [1.29, 1.82) is 0 Å². The Morgan fingerprint density at radius 2 is 1.93 bits per heavy atom. The lowest BCUT2D eigenvalue weighted by Crippen LogP contribution is -2.54. The molecule has 1 fully saturated rings. The predicted molar refractivity (Wildman–Crippen MR) is 63.7 cm³/mol. The number of hydrogen-bond donors (Lipinski definition) is 2. The first-order chi connectivity index (χ1) is 6.85.